The molecular weight excluding hydrogens is 252 g/mol. The summed E-state index contributed by atoms with van der Waals surface area (Å²) in [6, 6.07) is 6.90. The van der Waals surface area contributed by atoms with Crippen LogP contribution in [0.15, 0.2) is 24.3 Å². The van der Waals surface area contributed by atoms with Crippen LogP contribution in [-0.2, 0) is 4.74 Å². The number of benzene rings is 1. The molecule has 1 aromatic rings. The van der Waals surface area contributed by atoms with Gasteiger partial charge in [0.05, 0.1) is 12.7 Å². The van der Waals surface area contributed by atoms with Gasteiger partial charge < -0.3 is 15.4 Å². The van der Waals surface area contributed by atoms with Gasteiger partial charge in [0.1, 0.15) is 0 Å². The van der Waals surface area contributed by atoms with Crippen molar-refractivity contribution in [1.82, 2.24) is 4.90 Å². The summed E-state index contributed by atoms with van der Waals surface area (Å²) in [6.07, 6.45) is -0.0955. The first kappa shape index (κ1) is 13.3. The molecule has 1 aromatic carbocycles. The van der Waals surface area contributed by atoms with Gasteiger partial charge in [-0.15, -0.1) is 0 Å². The van der Waals surface area contributed by atoms with Gasteiger partial charge in [-0.25, -0.2) is 0 Å². The standard InChI is InChI=1S/C13H17ClN2O2/c1-9(15)12-8-16(5-6-18-12)13(17)10-3-2-4-11(14)7-10/h2-4,7,9,12H,5-6,8,15H2,1H3. The van der Waals surface area contributed by atoms with Crippen LogP contribution >= 0.6 is 11.6 Å². The zero-order chi connectivity index (χ0) is 13.1. The zero-order valence-electron chi connectivity index (χ0n) is 10.3. The van der Waals surface area contributed by atoms with Crippen molar-refractivity contribution in [2.24, 2.45) is 5.73 Å². The molecule has 2 rings (SSSR count). The van der Waals surface area contributed by atoms with Gasteiger partial charge >= 0.3 is 0 Å². The molecule has 0 saturated carbocycles. The number of carbonyl (C=O) groups is 1. The highest BCUT2D eigenvalue weighted by atomic mass is 35.5. The number of hydrogen-bond acceptors (Lipinski definition) is 3. The molecule has 2 atom stereocenters. The summed E-state index contributed by atoms with van der Waals surface area (Å²) >= 11 is 5.89. The Labute approximate surface area is 112 Å². The number of hydrogen-bond donors (Lipinski definition) is 1. The van der Waals surface area contributed by atoms with E-state index in [-0.39, 0.29) is 18.1 Å². The molecule has 5 heteroatoms. The van der Waals surface area contributed by atoms with Crippen molar-refractivity contribution in [2.45, 2.75) is 19.1 Å². The van der Waals surface area contributed by atoms with Gasteiger partial charge in [0.15, 0.2) is 0 Å². The Hall–Kier alpha value is -1.10. The van der Waals surface area contributed by atoms with Crippen LogP contribution in [0.4, 0.5) is 0 Å². The van der Waals surface area contributed by atoms with E-state index < -0.39 is 0 Å². The summed E-state index contributed by atoms with van der Waals surface area (Å²) in [4.78, 5) is 14.1. The van der Waals surface area contributed by atoms with Gasteiger partial charge in [0, 0.05) is 29.7 Å². The van der Waals surface area contributed by atoms with Crippen LogP contribution in [0.1, 0.15) is 17.3 Å². The largest absolute Gasteiger partial charge is 0.373 e. The van der Waals surface area contributed by atoms with Gasteiger partial charge in [0.25, 0.3) is 5.91 Å². The predicted molar refractivity (Wildman–Crippen MR) is 70.7 cm³/mol. The highest BCUT2D eigenvalue weighted by Crippen LogP contribution is 2.15. The average Bonchev–Trinajstić information content (AvgIpc) is 2.38. The van der Waals surface area contributed by atoms with Crippen molar-refractivity contribution < 1.29 is 9.53 Å². The zero-order valence-corrected chi connectivity index (χ0v) is 11.1. The van der Waals surface area contributed by atoms with Crippen LogP contribution in [-0.4, -0.2) is 42.6 Å². The Balaban J connectivity index is 2.09. The van der Waals surface area contributed by atoms with E-state index >= 15 is 0 Å². The van der Waals surface area contributed by atoms with Crippen molar-refractivity contribution >= 4 is 17.5 Å². The second-order valence-electron chi connectivity index (χ2n) is 4.53. The van der Waals surface area contributed by atoms with Gasteiger partial charge in [0.2, 0.25) is 0 Å². The summed E-state index contributed by atoms with van der Waals surface area (Å²) in [7, 11) is 0. The molecule has 0 radical (unpaired) electrons. The number of nitrogens with two attached hydrogens (primary N) is 1. The molecule has 1 aliphatic heterocycles. The third-order valence-corrected chi connectivity index (χ3v) is 3.27. The first-order chi connectivity index (χ1) is 8.58. The Bertz CT molecular complexity index is 437. The molecule has 2 unspecified atom stereocenters. The molecule has 1 amide bonds. The minimum atomic E-state index is -0.0955. The van der Waals surface area contributed by atoms with Crippen molar-refractivity contribution in [1.29, 1.82) is 0 Å². The van der Waals surface area contributed by atoms with Crippen molar-refractivity contribution in [3.63, 3.8) is 0 Å². The molecule has 0 aliphatic carbocycles. The van der Waals surface area contributed by atoms with Crippen LogP contribution in [0.3, 0.4) is 0 Å². The van der Waals surface area contributed by atoms with Gasteiger partial charge in [-0.1, -0.05) is 17.7 Å². The molecule has 0 bridgehead atoms. The highest BCUT2D eigenvalue weighted by molar-refractivity contribution is 6.30. The lowest BCUT2D eigenvalue weighted by molar-refractivity contribution is -0.0300. The lowest BCUT2D eigenvalue weighted by Crippen LogP contribution is -2.51. The molecule has 1 heterocycles. The number of carbonyl (C=O) groups excluding carboxylic acids is 1. The maximum Gasteiger partial charge on any atom is 0.254 e. The first-order valence-corrected chi connectivity index (χ1v) is 6.38. The van der Waals surface area contributed by atoms with Crippen molar-refractivity contribution in [3.8, 4) is 0 Å². The molecule has 1 fully saturated rings. The highest BCUT2D eigenvalue weighted by Gasteiger charge is 2.27. The molecule has 4 nitrogen and oxygen atoms in total. The number of rotatable bonds is 2. The van der Waals surface area contributed by atoms with Crippen molar-refractivity contribution in [2.75, 3.05) is 19.7 Å². The summed E-state index contributed by atoms with van der Waals surface area (Å²) in [5.74, 6) is -0.0218. The second kappa shape index (κ2) is 5.69. The van der Waals surface area contributed by atoms with Crippen LogP contribution in [0.25, 0.3) is 0 Å². The van der Waals surface area contributed by atoms with E-state index in [0.29, 0.717) is 30.3 Å². The summed E-state index contributed by atoms with van der Waals surface area (Å²) < 4.78 is 5.53. The van der Waals surface area contributed by atoms with Crippen LogP contribution in [0.5, 0.6) is 0 Å². The van der Waals surface area contributed by atoms with Crippen LogP contribution < -0.4 is 5.73 Å². The second-order valence-corrected chi connectivity index (χ2v) is 4.97. The molecule has 0 spiro atoms. The summed E-state index contributed by atoms with van der Waals surface area (Å²) in [5.41, 5.74) is 6.41. The van der Waals surface area contributed by atoms with Gasteiger partial charge in [-0.3, -0.25) is 4.79 Å². The minimum absolute atomic E-state index is 0.0218. The molecule has 18 heavy (non-hydrogen) atoms. The Kier molecular flexibility index (Phi) is 4.22. The number of morpholine rings is 1. The SMILES string of the molecule is CC(N)C1CN(C(=O)c2cccc(Cl)c2)CCO1. The first-order valence-electron chi connectivity index (χ1n) is 6.00. The Morgan fingerprint density at radius 2 is 2.39 bits per heavy atom. The Morgan fingerprint density at radius 1 is 1.61 bits per heavy atom. The number of nitrogens with zero attached hydrogens (tertiary/aromatic N) is 1. The number of ether oxygens (including phenoxy) is 1. The molecule has 98 valence electrons. The molecule has 2 N–H and O–H groups in total. The quantitative estimate of drug-likeness (QED) is 0.885. The van der Waals surface area contributed by atoms with E-state index in [2.05, 4.69) is 0 Å². The predicted octanol–water partition coefficient (Wildman–Crippen LogP) is 1.53. The fourth-order valence-electron chi connectivity index (χ4n) is 1.98. The maximum atomic E-state index is 12.3. The maximum absolute atomic E-state index is 12.3. The van der Waals surface area contributed by atoms with E-state index in [1.54, 1.807) is 29.2 Å². The molecular formula is C13H17ClN2O2. The van der Waals surface area contributed by atoms with Crippen LogP contribution in [0, 0.1) is 0 Å². The van der Waals surface area contributed by atoms with Crippen molar-refractivity contribution in [3.05, 3.63) is 34.9 Å². The topological polar surface area (TPSA) is 55.6 Å². The lowest BCUT2D eigenvalue weighted by Gasteiger charge is -2.34. The third kappa shape index (κ3) is 3.02. The van der Waals surface area contributed by atoms with Crippen LogP contribution in [0.2, 0.25) is 5.02 Å². The molecule has 1 saturated heterocycles. The summed E-state index contributed by atoms with van der Waals surface area (Å²) in [6.45, 7) is 3.54. The smallest absolute Gasteiger partial charge is 0.254 e. The number of amides is 1. The fourth-order valence-corrected chi connectivity index (χ4v) is 2.17. The van der Waals surface area contributed by atoms with E-state index in [1.807, 2.05) is 6.92 Å². The Morgan fingerprint density at radius 3 is 3.06 bits per heavy atom. The van der Waals surface area contributed by atoms with E-state index in [0.717, 1.165) is 0 Å². The van der Waals surface area contributed by atoms with E-state index in [4.69, 9.17) is 22.1 Å². The summed E-state index contributed by atoms with van der Waals surface area (Å²) in [5, 5.41) is 0.567. The van der Waals surface area contributed by atoms with E-state index in [9.17, 15) is 4.79 Å². The average molecular weight is 269 g/mol. The monoisotopic (exact) mass is 268 g/mol. The van der Waals surface area contributed by atoms with Gasteiger partial charge in [-0.2, -0.15) is 0 Å². The fraction of sp³-hybridized carbons (Fsp3) is 0.462. The van der Waals surface area contributed by atoms with Gasteiger partial charge in [-0.05, 0) is 25.1 Å². The van der Waals surface area contributed by atoms with E-state index in [1.165, 1.54) is 0 Å². The number of halogens is 1. The minimum Gasteiger partial charge on any atom is -0.373 e. The third-order valence-electron chi connectivity index (χ3n) is 3.04. The molecule has 1 aliphatic rings. The molecule has 0 aromatic heterocycles. The normalized spacial score (nSPS) is 21.7. The lowest BCUT2D eigenvalue weighted by atomic mass is 10.1.